The van der Waals surface area contributed by atoms with Crippen LogP contribution in [-0.2, 0) is 0 Å². The van der Waals surface area contributed by atoms with Crippen molar-refractivity contribution >= 4 is 50.7 Å². The Kier molecular flexibility index (Phi) is 10.9. The number of rotatable bonds is 6. The van der Waals surface area contributed by atoms with Crippen LogP contribution in [0.5, 0.6) is 0 Å². The molecule has 282 valence electrons. The Hall–Kier alpha value is -6.79. The van der Waals surface area contributed by atoms with E-state index in [1.807, 2.05) is 55.5 Å². The van der Waals surface area contributed by atoms with Gasteiger partial charge in [0.1, 0.15) is 23.3 Å². The lowest BCUT2D eigenvalue weighted by Gasteiger charge is -2.29. The van der Waals surface area contributed by atoms with Gasteiger partial charge in [0.15, 0.2) is 0 Å². The Bertz CT molecular complexity index is 2570. The number of anilines is 3. The van der Waals surface area contributed by atoms with E-state index in [9.17, 15) is 18.4 Å². The first-order valence-electron chi connectivity index (χ1n) is 18.1. The lowest BCUT2D eigenvalue weighted by molar-refractivity contribution is 0.0917. The minimum absolute atomic E-state index is 0.134. The maximum atomic E-state index is 13.6. The molecular formula is C44H40F2N8O2. The van der Waals surface area contributed by atoms with Crippen molar-refractivity contribution in [3.63, 3.8) is 0 Å². The Morgan fingerprint density at radius 1 is 0.643 bits per heavy atom. The van der Waals surface area contributed by atoms with Crippen molar-refractivity contribution in [3.05, 3.63) is 144 Å². The lowest BCUT2D eigenvalue weighted by Crippen LogP contribution is -2.43. The Morgan fingerprint density at radius 2 is 1.16 bits per heavy atom. The van der Waals surface area contributed by atoms with Crippen molar-refractivity contribution < 1.29 is 18.4 Å². The molecule has 0 atom stereocenters. The maximum absolute atomic E-state index is 13.6. The van der Waals surface area contributed by atoms with Crippen LogP contribution < -0.4 is 22.1 Å². The molecule has 0 bridgehead atoms. The normalized spacial score (nSPS) is 13.2. The van der Waals surface area contributed by atoms with Gasteiger partial charge in [-0.05, 0) is 121 Å². The van der Waals surface area contributed by atoms with Gasteiger partial charge in [-0.15, -0.1) is 0 Å². The zero-order valence-corrected chi connectivity index (χ0v) is 30.9. The number of hydrogen-bond acceptors (Lipinski definition) is 8. The number of aromatic nitrogens is 3. The second-order valence-corrected chi connectivity index (χ2v) is 13.8. The predicted molar refractivity (Wildman–Crippen MR) is 218 cm³/mol. The lowest BCUT2D eigenvalue weighted by atomic mass is 9.99. The zero-order valence-electron chi connectivity index (χ0n) is 30.9. The van der Waals surface area contributed by atoms with Crippen molar-refractivity contribution in [1.29, 1.82) is 0 Å². The van der Waals surface area contributed by atoms with E-state index in [-0.39, 0.29) is 29.5 Å². The molecule has 1 fully saturated rings. The van der Waals surface area contributed by atoms with Crippen LogP contribution in [0.2, 0.25) is 0 Å². The first kappa shape index (κ1) is 37.5. The van der Waals surface area contributed by atoms with E-state index in [0.29, 0.717) is 44.6 Å². The van der Waals surface area contributed by atoms with Crippen LogP contribution in [-0.4, -0.2) is 57.8 Å². The summed E-state index contributed by atoms with van der Waals surface area (Å²) in [5.41, 5.74) is 17.6. The van der Waals surface area contributed by atoms with Crippen LogP contribution in [0.4, 0.5) is 26.1 Å². The second-order valence-electron chi connectivity index (χ2n) is 13.8. The van der Waals surface area contributed by atoms with E-state index in [1.54, 1.807) is 30.5 Å². The molecule has 12 heteroatoms. The molecule has 3 aromatic heterocycles. The topological polar surface area (TPSA) is 152 Å². The number of nitrogens with two attached hydrogens (primary N) is 2. The summed E-state index contributed by atoms with van der Waals surface area (Å²) >= 11 is 0. The number of nitrogen functional groups attached to an aromatic ring is 2. The van der Waals surface area contributed by atoms with Gasteiger partial charge in [-0.3, -0.25) is 14.6 Å². The highest BCUT2D eigenvalue weighted by molar-refractivity contribution is 6.14. The van der Waals surface area contributed by atoms with Crippen molar-refractivity contribution in [3.8, 4) is 22.3 Å². The molecule has 4 heterocycles. The van der Waals surface area contributed by atoms with Crippen LogP contribution in [0.3, 0.4) is 0 Å². The van der Waals surface area contributed by atoms with Crippen molar-refractivity contribution in [2.24, 2.45) is 0 Å². The second kappa shape index (κ2) is 16.3. The minimum Gasteiger partial charge on any atom is -0.383 e. The molecule has 1 saturated heterocycles. The summed E-state index contributed by atoms with van der Waals surface area (Å²) in [6.07, 6.45) is 6.46. The summed E-state index contributed by atoms with van der Waals surface area (Å²) in [5, 5.41) is 8.69. The standard InChI is InChI=1S/C22H17FN4O.C22H23FN4O/c1-13-5-7-17(11-25-13)27-22(28)20-12-26-21(24)19-10-15(6-8-18(19)20)14-3-2-4-16(23)9-14;1-27-9-7-17(8-10-27)26-22(28)20-13-25-21(24)19-12-15(5-6-18(19)20)14-3-2-4-16(23)11-14/h2-12H,1H3,(H2,24,26)(H,27,28);2-6,11-13,17H,7-10H2,1H3,(H2,24,25)(H,26,28). The fraction of sp³-hybridized carbons (Fsp3) is 0.159. The molecule has 0 spiro atoms. The van der Waals surface area contributed by atoms with E-state index in [2.05, 4.69) is 37.5 Å². The van der Waals surface area contributed by atoms with Crippen molar-refractivity contribution in [1.82, 2.24) is 25.2 Å². The Labute approximate surface area is 322 Å². The number of pyridine rings is 3. The highest BCUT2D eigenvalue weighted by atomic mass is 19.1. The van der Waals surface area contributed by atoms with Gasteiger partial charge < -0.3 is 27.0 Å². The number of piperidine rings is 1. The highest BCUT2D eigenvalue weighted by Gasteiger charge is 2.21. The molecule has 0 unspecified atom stereocenters. The van der Waals surface area contributed by atoms with Gasteiger partial charge in [-0.1, -0.05) is 48.5 Å². The SMILES string of the molecule is CN1CCC(NC(=O)c2cnc(N)c3cc(-c4cccc(F)c4)ccc23)CC1.Cc1ccc(NC(=O)c2cnc(N)c3cc(-c4cccc(F)c4)ccc23)cn1. The van der Waals surface area contributed by atoms with Crippen molar-refractivity contribution in [2.45, 2.75) is 25.8 Å². The van der Waals surface area contributed by atoms with Crippen LogP contribution in [0.1, 0.15) is 39.3 Å². The zero-order chi connectivity index (χ0) is 39.3. The number of likely N-dealkylation sites (tertiary alicyclic amines) is 1. The largest absolute Gasteiger partial charge is 0.383 e. The third-order valence-corrected chi connectivity index (χ3v) is 9.87. The van der Waals surface area contributed by atoms with Crippen LogP contribution >= 0.6 is 0 Å². The average Bonchev–Trinajstić information content (AvgIpc) is 3.20. The van der Waals surface area contributed by atoms with E-state index < -0.39 is 0 Å². The van der Waals surface area contributed by atoms with Gasteiger partial charge in [0.25, 0.3) is 11.8 Å². The van der Waals surface area contributed by atoms with E-state index >= 15 is 0 Å². The summed E-state index contributed by atoms with van der Waals surface area (Å²) in [4.78, 5) is 40.4. The maximum Gasteiger partial charge on any atom is 0.257 e. The van der Waals surface area contributed by atoms with Gasteiger partial charge in [-0.2, -0.15) is 0 Å². The number of carbonyl (C=O) groups is 2. The summed E-state index contributed by atoms with van der Waals surface area (Å²) in [5.74, 6) is -0.392. The van der Waals surface area contributed by atoms with Crippen LogP contribution in [0.25, 0.3) is 43.8 Å². The fourth-order valence-corrected chi connectivity index (χ4v) is 6.74. The van der Waals surface area contributed by atoms with Gasteiger partial charge in [-0.25, -0.2) is 18.7 Å². The molecule has 1 aliphatic rings. The first-order valence-corrected chi connectivity index (χ1v) is 18.1. The third-order valence-electron chi connectivity index (χ3n) is 9.87. The average molecular weight is 751 g/mol. The molecule has 8 rings (SSSR count). The number of amides is 2. The third kappa shape index (κ3) is 8.45. The minimum atomic E-state index is -0.316. The molecule has 0 aliphatic carbocycles. The Balaban J connectivity index is 0.000000172. The van der Waals surface area contributed by atoms with Gasteiger partial charge >= 0.3 is 0 Å². The van der Waals surface area contributed by atoms with Crippen LogP contribution in [0, 0.1) is 18.6 Å². The quantitative estimate of drug-likeness (QED) is 0.133. The molecule has 1 aliphatic heterocycles. The summed E-state index contributed by atoms with van der Waals surface area (Å²) < 4.78 is 27.1. The fourth-order valence-electron chi connectivity index (χ4n) is 6.74. The molecular weight excluding hydrogens is 711 g/mol. The summed E-state index contributed by atoms with van der Waals surface area (Å²) in [6.45, 7) is 3.82. The molecule has 56 heavy (non-hydrogen) atoms. The number of carbonyl (C=O) groups excluding carboxylic acids is 2. The molecule has 6 N–H and O–H groups in total. The smallest absolute Gasteiger partial charge is 0.257 e. The number of benzene rings is 4. The number of aryl methyl sites for hydroxylation is 1. The molecule has 0 radical (unpaired) electrons. The van der Waals surface area contributed by atoms with E-state index in [0.717, 1.165) is 59.3 Å². The van der Waals surface area contributed by atoms with E-state index in [4.69, 9.17) is 11.5 Å². The summed E-state index contributed by atoms with van der Waals surface area (Å²) in [6, 6.07) is 27.5. The number of nitrogens with one attached hydrogen (secondary N) is 2. The predicted octanol–water partition coefficient (Wildman–Crippen LogP) is 8.03. The Morgan fingerprint density at radius 3 is 1.66 bits per heavy atom. The monoisotopic (exact) mass is 750 g/mol. The van der Waals surface area contributed by atoms with Gasteiger partial charge in [0.2, 0.25) is 0 Å². The number of hydrogen-bond donors (Lipinski definition) is 4. The highest BCUT2D eigenvalue weighted by Crippen LogP contribution is 2.31. The van der Waals surface area contributed by atoms with Crippen molar-refractivity contribution in [2.75, 3.05) is 36.9 Å². The van der Waals surface area contributed by atoms with Crippen LogP contribution in [0.15, 0.2) is 116 Å². The van der Waals surface area contributed by atoms with E-state index in [1.165, 1.54) is 36.7 Å². The number of fused-ring (bicyclic) bond motifs is 2. The molecule has 7 aromatic rings. The van der Waals surface area contributed by atoms with Gasteiger partial charge in [0, 0.05) is 34.9 Å². The number of nitrogens with zero attached hydrogens (tertiary/aromatic N) is 4. The number of halogens is 2. The summed E-state index contributed by atoms with van der Waals surface area (Å²) in [7, 11) is 2.09. The molecule has 4 aromatic carbocycles. The molecule has 0 saturated carbocycles. The van der Waals surface area contributed by atoms with Gasteiger partial charge in [0.05, 0.1) is 23.0 Å². The first-order chi connectivity index (χ1) is 27.0. The molecule has 2 amide bonds. The molecule has 10 nitrogen and oxygen atoms in total.